The van der Waals surface area contributed by atoms with Gasteiger partial charge in [0, 0.05) is 0 Å². The Morgan fingerprint density at radius 2 is 1.00 bits per heavy atom. The summed E-state index contributed by atoms with van der Waals surface area (Å²) >= 11 is 0. The first-order chi connectivity index (χ1) is 14.2. The lowest BCUT2D eigenvalue weighted by Crippen LogP contribution is -2.07. The van der Waals surface area contributed by atoms with E-state index in [1.54, 1.807) is 36.4 Å². The number of rotatable bonds is 3. The molecule has 0 heterocycles. The summed E-state index contributed by atoms with van der Waals surface area (Å²) in [6.07, 6.45) is 0. The third kappa shape index (κ3) is 5.32. The standard InChI is InChI=1S/C12H11O3P.C10H9O3P/c13-16(14,15)12-9-5-4-8-11(12)10-6-2-1-3-7-10;11-14(12,13)10-7-3-5-8-4-1-2-6-9(8)10/h1-9H,(H2,13,14,15);1-7H,(H2,11,12,13). The second kappa shape index (κ2) is 9.07. The van der Waals surface area contributed by atoms with Crippen LogP contribution in [-0.2, 0) is 9.13 Å². The van der Waals surface area contributed by atoms with Crippen LogP contribution in [0, 0.1) is 0 Å². The molecule has 0 aromatic heterocycles. The summed E-state index contributed by atoms with van der Waals surface area (Å²) in [5.41, 5.74) is 1.39. The van der Waals surface area contributed by atoms with Gasteiger partial charge in [-0.3, -0.25) is 9.13 Å². The topological polar surface area (TPSA) is 115 Å². The summed E-state index contributed by atoms with van der Waals surface area (Å²) in [5.74, 6) is 0. The van der Waals surface area contributed by atoms with Gasteiger partial charge in [-0.1, -0.05) is 84.9 Å². The van der Waals surface area contributed by atoms with Gasteiger partial charge in [-0.25, -0.2) is 0 Å². The van der Waals surface area contributed by atoms with Crippen LogP contribution < -0.4 is 10.6 Å². The zero-order valence-corrected chi connectivity index (χ0v) is 17.5. The van der Waals surface area contributed by atoms with Crippen molar-refractivity contribution in [2.24, 2.45) is 0 Å². The van der Waals surface area contributed by atoms with E-state index in [4.69, 9.17) is 9.79 Å². The Morgan fingerprint density at radius 3 is 1.67 bits per heavy atom. The lowest BCUT2D eigenvalue weighted by atomic mass is 10.1. The van der Waals surface area contributed by atoms with Crippen LogP contribution in [0.3, 0.4) is 0 Å². The highest BCUT2D eigenvalue weighted by Gasteiger charge is 2.21. The monoisotopic (exact) mass is 442 g/mol. The molecule has 0 bridgehead atoms. The summed E-state index contributed by atoms with van der Waals surface area (Å²) in [6, 6.07) is 27.8. The van der Waals surface area contributed by atoms with E-state index in [1.165, 1.54) is 12.1 Å². The maximum Gasteiger partial charge on any atom is 0.356 e. The molecule has 0 saturated carbocycles. The first-order valence-corrected chi connectivity index (χ1v) is 12.1. The van der Waals surface area contributed by atoms with Gasteiger partial charge in [-0.05, 0) is 34.0 Å². The zero-order chi connectivity index (χ0) is 21.8. The van der Waals surface area contributed by atoms with Crippen LogP contribution >= 0.6 is 15.2 Å². The van der Waals surface area contributed by atoms with E-state index in [0.29, 0.717) is 10.9 Å². The molecule has 4 rings (SSSR count). The molecule has 0 amide bonds. The largest absolute Gasteiger partial charge is 0.356 e. The molecule has 4 aromatic carbocycles. The molecule has 0 radical (unpaired) electrons. The van der Waals surface area contributed by atoms with Crippen LogP contribution in [0.1, 0.15) is 0 Å². The number of fused-ring (bicyclic) bond motifs is 1. The quantitative estimate of drug-likeness (QED) is 0.359. The normalized spacial score (nSPS) is 11.6. The van der Waals surface area contributed by atoms with Crippen LogP contribution in [0.15, 0.2) is 97.1 Å². The van der Waals surface area contributed by atoms with Gasteiger partial charge in [0.1, 0.15) is 0 Å². The Hall–Kier alpha value is -2.56. The molecule has 0 saturated heterocycles. The Morgan fingerprint density at radius 1 is 0.500 bits per heavy atom. The minimum atomic E-state index is -4.22. The average Bonchev–Trinajstić information content (AvgIpc) is 2.73. The third-order valence-corrected chi connectivity index (χ3v) is 6.42. The Balaban J connectivity index is 0.000000172. The number of hydrogen-bond acceptors (Lipinski definition) is 2. The minimum Gasteiger partial charge on any atom is -0.321 e. The highest BCUT2D eigenvalue weighted by atomic mass is 31.2. The van der Waals surface area contributed by atoms with Crippen molar-refractivity contribution in [1.82, 2.24) is 0 Å². The van der Waals surface area contributed by atoms with Crippen molar-refractivity contribution >= 4 is 36.6 Å². The van der Waals surface area contributed by atoms with Crippen molar-refractivity contribution in [2.45, 2.75) is 0 Å². The van der Waals surface area contributed by atoms with E-state index < -0.39 is 15.2 Å². The van der Waals surface area contributed by atoms with Gasteiger partial charge in [0.15, 0.2) is 0 Å². The lowest BCUT2D eigenvalue weighted by molar-refractivity contribution is 0.385. The van der Waals surface area contributed by atoms with Crippen LogP contribution in [0.2, 0.25) is 0 Å². The summed E-state index contributed by atoms with van der Waals surface area (Å²) in [6.45, 7) is 0. The zero-order valence-electron chi connectivity index (χ0n) is 15.7. The molecular formula is C22H20O6P2. The summed E-state index contributed by atoms with van der Waals surface area (Å²) in [5, 5.41) is 1.62. The van der Waals surface area contributed by atoms with E-state index in [9.17, 15) is 18.9 Å². The van der Waals surface area contributed by atoms with E-state index in [0.717, 1.165) is 10.9 Å². The first-order valence-electron chi connectivity index (χ1n) is 8.92. The molecule has 6 nitrogen and oxygen atoms in total. The Bertz CT molecular complexity index is 1240. The maximum atomic E-state index is 11.3. The number of benzene rings is 4. The van der Waals surface area contributed by atoms with Crippen molar-refractivity contribution in [1.29, 1.82) is 0 Å². The van der Waals surface area contributed by atoms with Gasteiger partial charge < -0.3 is 19.6 Å². The molecule has 154 valence electrons. The molecule has 0 aliphatic carbocycles. The van der Waals surface area contributed by atoms with Crippen molar-refractivity contribution < 1.29 is 28.7 Å². The predicted molar refractivity (Wildman–Crippen MR) is 119 cm³/mol. The van der Waals surface area contributed by atoms with E-state index in [-0.39, 0.29) is 10.6 Å². The second-order valence-electron chi connectivity index (χ2n) is 6.47. The van der Waals surface area contributed by atoms with Gasteiger partial charge in [0.25, 0.3) is 0 Å². The molecule has 4 aromatic rings. The minimum absolute atomic E-state index is 0.0706. The first kappa shape index (κ1) is 22.1. The fourth-order valence-electron chi connectivity index (χ4n) is 3.05. The lowest BCUT2D eigenvalue weighted by Gasteiger charge is -2.10. The van der Waals surface area contributed by atoms with Crippen molar-refractivity contribution in [3.05, 3.63) is 97.1 Å². The Kier molecular flexibility index (Phi) is 6.69. The molecule has 0 aliphatic rings. The molecule has 0 unspecified atom stereocenters. The molecule has 30 heavy (non-hydrogen) atoms. The highest BCUT2D eigenvalue weighted by Crippen LogP contribution is 2.37. The van der Waals surface area contributed by atoms with Gasteiger partial charge in [0.05, 0.1) is 10.6 Å². The van der Waals surface area contributed by atoms with Gasteiger partial charge in [-0.2, -0.15) is 0 Å². The van der Waals surface area contributed by atoms with Gasteiger partial charge >= 0.3 is 15.2 Å². The molecule has 4 N–H and O–H groups in total. The fourth-order valence-corrected chi connectivity index (χ4v) is 4.65. The Labute approximate surface area is 173 Å². The predicted octanol–water partition coefficient (Wildman–Crippen LogP) is 3.80. The molecular weight excluding hydrogens is 422 g/mol. The molecule has 0 fully saturated rings. The van der Waals surface area contributed by atoms with E-state index >= 15 is 0 Å². The summed E-state index contributed by atoms with van der Waals surface area (Å²) in [7, 11) is -8.38. The maximum absolute atomic E-state index is 11.3. The smallest absolute Gasteiger partial charge is 0.321 e. The van der Waals surface area contributed by atoms with Gasteiger partial charge in [-0.15, -0.1) is 0 Å². The van der Waals surface area contributed by atoms with Crippen molar-refractivity contribution in [3.63, 3.8) is 0 Å². The number of hydrogen-bond donors (Lipinski definition) is 4. The molecule has 0 atom stereocenters. The third-order valence-electron chi connectivity index (χ3n) is 4.38. The second-order valence-corrected chi connectivity index (χ2v) is 9.61. The molecule has 8 heteroatoms. The van der Waals surface area contributed by atoms with Crippen LogP contribution in [-0.4, -0.2) is 19.6 Å². The SMILES string of the molecule is O=P(O)(O)c1cccc2ccccc12.O=P(O)(O)c1ccccc1-c1ccccc1. The molecule has 0 aliphatic heterocycles. The van der Waals surface area contributed by atoms with Gasteiger partial charge in [0.2, 0.25) is 0 Å². The van der Waals surface area contributed by atoms with E-state index in [1.807, 2.05) is 48.5 Å². The van der Waals surface area contributed by atoms with Crippen molar-refractivity contribution in [3.8, 4) is 11.1 Å². The summed E-state index contributed by atoms with van der Waals surface area (Å²) in [4.78, 5) is 36.7. The van der Waals surface area contributed by atoms with Crippen LogP contribution in [0.25, 0.3) is 21.9 Å². The van der Waals surface area contributed by atoms with Crippen molar-refractivity contribution in [2.75, 3.05) is 0 Å². The highest BCUT2D eigenvalue weighted by molar-refractivity contribution is 7.61. The summed E-state index contributed by atoms with van der Waals surface area (Å²) < 4.78 is 22.5. The van der Waals surface area contributed by atoms with E-state index in [2.05, 4.69) is 0 Å². The average molecular weight is 442 g/mol. The van der Waals surface area contributed by atoms with Crippen LogP contribution in [0.4, 0.5) is 0 Å². The molecule has 0 spiro atoms. The van der Waals surface area contributed by atoms with Crippen LogP contribution in [0.5, 0.6) is 0 Å². The fraction of sp³-hybridized carbons (Fsp3) is 0.